The molecule has 0 aromatic carbocycles. The van der Waals surface area contributed by atoms with Crippen LogP contribution in [0.5, 0.6) is 0 Å². The minimum Gasteiger partial charge on any atom is -0.361 e. The summed E-state index contributed by atoms with van der Waals surface area (Å²) in [6, 6.07) is 2.74. The summed E-state index contributed by atoms with van der Waals surface area (Å²) >= 11 is 0. The van der Waals surface area contributed by atoms with Crippen LogP contribution >= 0.6 is 0 Å². The molecule has 38 heavy (non-hydrogen) atoms. The van der Waals surface area contributed by atoms with Gasteiger partial charge in [-0.2, -0.15) is 0 Å². The number of hydrogen-bond donors (Lipinski definition) is 1. The molecule has 0 spiro atoms. The lowest BCUT2D eigenvalue weighted by molar-refractivity contribution is -0.118. The van der Waals surface area contributed by atoms with Gasteiger partial charge in [0.15, 0.2) is 17.0 Å². The SMILES string of the molecule is Cc1cc(Cn2c(=O)c3c(ncn3[C@@H](C)C(=O)Nc3cncc(-c4cnc(C)c(C)c4)n3)n(C)c2=O)no1. The zero-order valence-corrected chi connectivity index (χ0v) is 21.5. The molecule has 13 nitrogen and oxygen atoms in total. The average Bonchev–Trinajstić information content (AvgIpc) is 3.53. The summed E-state index contributed by atoms with van der Waals surface area (Å²) in [6.45, 7) is 7.13. The Balaban J connectivity index is 1.46. The molecule has 1 amide bonds. The van der Waals surface area contributed by atoms with E-state index in [2.05, 4.69) is 30.4 Å². The van der Waals surface area contributed by atoms with Crippen LogP contribution in [0.15, 0.2) is 51.2 Å². The second-order valence-electron chi connectivity index (χ2n) is 9.07. The lowest BCUT2D eigenvalue weighted by Crippen LogP contribution is -2.40. The third-order valence-corrected chi connectivity index (χ3v) is 6.37. The van der Waals surface area contributed by atoms with Crippen LogP contribution in [0.1, 0.15) is 35.7 Å². The van der Waals surface area contributed by atoms with Crippen LogP contribution in [0.2, 0.25) is 0 Å². The first kappa shape index (κ1) is 24.7. The van der Waals surface area contributed by atoms with Gasteiger partial charge in [0.25, 0.3) is 5.56 Å². The van der Waals surface area contributed by atoms with Gasteiger partial charge in [0.1, 0.15) is 17.5 Å². The molecule has 0 radical (unpaired) electrons. The Labute approximate surface area is 215 Å². The van der Waals surface area contributed by atoms with E-state index in [9.17, 15) is 14.4 Å². The van der Waals surface area contributed by atoms with Crippen molar-refractivity contribution >= 4 is 22.9 Å². The summed E-state index contributed by atoms with van der Waals surface area (Å²) in [4.78, 5) is 56.8. The van der Waals surface area contributed by atoms with E-state index in [1.807, 2.05) is 19.9 Å². The van der Waals surface area contributed by atoms with Gasteiger partial charge < -0.3 is 14.4 Å². The number of fused-ring (bicyclic) bond motifs is 1. The molecule has 0 aliphatic carbocycles. The zero-order chi connectivity index (χ0) is 27.1. The van der Waals surface area contributed by atoms with Crippen molar-refractivity contribution in [2.45, 2.75) is 40.3 Å². The van der Waals surface area contributed by atoms with E-state index in [1.165, 1.54) is 28.7 Å². The lowest BCUT2D eigenvalue weighted by atomic mass is 10.1. The van der Waals surface area contributed by atoms with Crippen LogP contribution in [0.4, 0.5) is 5.82 Å². The van der Waals surface area contributed by atoms with E-state index < -0.39 is 23.2 Å². The summed E-state index contributed by atoms with van der Waals surface area (Å²) in [5.41, 5.74) is 2.80. The van der Waals surface area contributed by atoms with Crippen LogP contribution in [-0.4, -0.2) is 44.7 Å². The Morgan fingerprint density at radius 3 is 2.61 bits per heavy atom. The Kier molecular flexibility index (Phi) is 6.18. The quantitative estimate of drug-likeness (QED) is 0.357. The van der Waals surface area contributed by atoms with Gasteiger partial charge >= 0.3 is 5.69 Å². The number of aryl methyl sites for hydroxylation is 4. The summed E-state index contributed by atoms with van der Waals surface area (Å²) in [5.74, 6) is 0.358. The molecule has 0 saturated carbocycles. The molecular formula is C25H25N9O4. The van der Waals surface area contributed by atoms with Gasteiger partial charge in [0.2, 0.25) is 5.91 Å². The van der Waals surface area contributed by atoms with Gasteiger partial charge in [-0.1, -0.05) is 5.16 Å². The summed E-state index contributed by atoms with van der Waals surface area (Å²) < 4.78 is 8.79. The lowest BCUT2D eigenvalue weighted by Gasteiger charge is -2.15. The first-order valence-corrected chi connectivity index (χ1v) is 11.8. The maximum Gasteiger partial charge on any atom is 0.332 e. The minimum absolute atomic E-state index is 0.0831. The number of aromatic nitrogens is 8. The van der Waals surface area contributed by atoms with Gasteiger partial charge in [-0.05, 0) is 39.3 Å². The zero-order valence-electron chi connectivity index (χ0n) is 21.5. The second-order valence-corrected chi connectivity index (χ2v) is 9.07. The molecule has 5 aromatic rings. The van der Waals surface area contributed by atoms with Crippen molar-refractivity contribution in [3.63, 3.8) is 0 Å². The molecule has 13 heteroatoms. The van der Waals surface area contributed by atoms with Crippen molar-refractivity contribution in [2.75, 3.05) is 5.32 Å². The largest absolute Gasteiger partial charge is 0.361 e. The molecule has 194 valence electrons. The summed E-state index contributed by atoms with van der Waals surface area (Å²) in [6.07, 6.45) is 6.09. The van der Waals surface area contributed by atoms with Gasteiger partial charge in [0.05, 0.1) is 31.0 Å². The van der Waals surface area contributed by atoms with E-state index in [0.717, 1.165) is 21.4 Å². The number of carbonyl (C=O) groups is 1. The van der Waals surface area contributed by atoms with Crippen LogP contribution < -0.4 is 16.6 Å². The third kappa shape index (κ3) is 4.38. The molecule has 0 saturated heterocycles. The van der Waals surface area contributed by atoms with Crippen LogP contribution in [0.3, 0.4) is 0 Å². The highest BCUT2D eigenvalue weighted by molar-refractivity contribution is 5.93. The number of nitrogens with one attached hydrogen (secondary N) is 1. The number of carbonyl (C=O) groups excluding carboxylic acids is 1. The molecule has 0 aliphatic heterocycles. The molecular weight excluding hydrogens is 490 g/mol. The highest BCUT2D eigenvalue weighted by atomic mass is 16.5. The average molecular weight is 516 g/mol. The number of anilines is 1. The minimum atomic E-state index is -0.860. The number of amides is 1. The number of hydrogen-bond acceptors (Lipinski definition) is 9. The molecule has 0 bridgehead atoms. The molecule has 5 heterocycles. The van der Waals surface area contributed by atoms with Gasteiger partial charge in [-0.15, -0.1) is 0 Å². The summed E-state index contributed by atoms with van der Waals surface area (Å²) in [5, 5.41) is 6.63. The fourth-order valence-electron chi connectivity index (χ4n) is 4.08. The van der Waals surface area contributed by atoms with Crippen molar-refractivity contribution in [3.05, 3.63) is 80.6 Å². The summed E-state index contributed by atoms with van der Waals surface area (Å²) in [7, 11) is 1.51. The van der Waals surface area contributed by atoms with Crippen molar-refractivity contribution in [2.24, 2.45) is 7.05 Å². The highest BCUT2D eigenvalue weighted by Crippen LogP contribution is 2.20. The molecule has 5 aromatic heterocycles. The number of imidazole rings is 1. The van der Waals surface area contributed by atoms with E-state index in [4.69, 9.17) is 4.52 Å². The highest BCUT2D eigenvalue weighted by Gasteiger charge is 2.23. The Hall–Kier alpha value is -4.94. The molecule has 0 aliphatic rings. The molecule has 1 N–H and O–H groups in total. The predicted molar refractivity (Wildman–Crippen MR) is 138 cm³/mol. The predicted octanol–water partition coefficient (Wildman–Crippen LogP) is 1.91. The Morgan fingerprint density at radius 1 is 1.11 bits per heavy atom. The van der Waals surface area contributed by atoms with E-state index >= 15 is 0 Å². The maximum absolute atomic E-state index is 13.4. The molecule has 1 atom stereocenters. The second kappa shape index (κ2) is 9.50. The van der Waals surface area contributed by atoms with Gasteiger partial charge in [0, 0.05) is 30.6 Å². The first-order valence-electron chi connectivity index (χ1n) is 11.8. The normalized spacial score (nSPS) is 12.1. The monoisotopic (exact) mass is 515 g/mol. The van der Waals surface area contributed by atoms with Crippen molar-refractivity contribution in [1.29, 1.82) is 0 Å². The Morgan fingerprint density at radius 2 is 1.89 bits per heavy atom. The molecule has 0 fully saturated rings. The van der Waals surface area contributed by atoms with Crippen molar-refractivity contribution < 1.29 is 9.32 Å². The smallest absolute Gasteiger partial charge is 0.332 e. The first-order chi connectivity index (χ1) is 18.1. The van der Waals surface area contributed by atoms with Crippen molar-refractivity contribution in [1.82, 2.24) is 38.8 Å². The number of nitrogens with zero attached hydrogens (tertiary/aromatic N) is 8. The van der Waals surface area contributed by atoms with Crippen LogP contribution in [0, 0.1) is 20.8 Å². The fourth-order valence-corrected chi connectivity index (χ4v) is 4.08. The number of pyridine rings is 1. The third-order valence-electron chi connectivity index (χ3n) is 6.37. The maximum atomic E-state index is 13.4. The fraction of sp³-hybridized carbons (Fsp3) is 0.280. The Bertz CT molecular complexity index is 1810. The van der Waals surface area contributed by atoms with Gasteiger partial charge in [-0.3, -0.25) is 28.7 Å². The van der Waals surface area contributed by atoms with E-state index in [-0.39, 0.29) is 23.5 Å². The molecule has 0 unspecified atom stereocenters. The topological polar surface area (TPSA) is 156 Å². The standard InChI is InChI=1S/C25H25N9O4/c1-13-6-17(8-27-15(13)3)19-9-26-10-20(29-19)30-23(35)16(4)34-12-28-22-21(34)24(36)33(25(37)32(22)5)11-18-7-14(2)38-31-18/h6-10,12,16H,11H2,1-5H3,(H,29,30,35)/t16-/m0/s1. The van der Waals surface area contributed by atoms with Crippen LogP contribution in [-0.2, 0) is 18.4 Å². The van der Waals surface area contributed by atoms with Crippen molar-refractivity contribution in [3.8, 4) is 11.3 Å². The van der Waals surface area contributed by atoms with E-state index in [1.54, 1.807) is 32.3 Å². The number of rotatable bonds is 6. The van der Waals surface area contributed by atoms with Gasteiger partial charge in [-0.25, -0.2) is 14.8 Å². The van der Waals surface area contributed by atoms with Crippen LogP contribution in [0.25, 0.3) is 22.4 Å². The molecule has 5 rings (SSSR count). The van der Waals surface area contributed by atoms with E-state index in [0.29, 0.717) is 17.1 Å².